The van der Waals surface area contributed by atoms with E-state index in [1.54, 1.807) is 30.3 Å². The maximum absolute atomic E-state index is 12.1. The van der Waals surface area contributed by atoms with Crippen LogP contribution in [-0.4, -0.2) is 18.6 Å². The predicted octanol–water partition coefficient (Wildman–Crippen LogP) is 2.35. The molecule has 1 aromatic carbocycles. The molecule has 0 aliphatic carbocycles. The Morgan fingerprint density at radius 2 is 2.00 bits per heavy atom. The second-order valence-corrected chi connectivity index (χ2v) is 6.76. The summed E-state index contributed by atoms with van der Waals surface area (Å²) >= 11 is 0. The summed E-state index contributed by atoms with van der Waals surface area (Å²) in [7, 11) is -3.54. The molecule has 1 aromatic heterocycles. The minimum atomic E-state index is -3.54. The number of aromatic amines is 1. The van der Waals surface area contributed by atoms with E-state index < -0.39 is 10.0 Å². The highest BCUT2D eigenvalue weighted by atomic mass is 32.2. The Morgan fingerprint density at radius 3 is 2.52 bits per heavy atom. The van der Waals surface area contributed by atoms with E-state index in [4.69, 9.17) is 5.26 Å². The van der Waals surface area contributed by atoms with Crippen molar-refractivity contribution < 1.29 is 8.42 Å². The van der Waals surface area contributed by atoms with Crippen LogP contribution >= 0.6 is 0 Å². The van der Waals surface area contributed by atoms with Crippen molar-refractivity contribution in [1.29, 1.82) is 5.26 Å². The van der Waals surface area contributed by atoms with Crippen molar-refractivity contribution in [3.8, 4) is 6.07 Å². The van der Waals surface area contributed by atoms with E-state index >= 15 is 0 Å². The second kappa shape index (κ2) is 5.97. The lowest BCUT2D eigenvalue weighted by molar-refractivity contribution is 0.600. The molecule has 0 fully saturated rings. The molecule has 21 heavy (non-hydrogen) atoms. The molecular weight excluding hydrogens is 288 g/mol. The van der Waals surface area contributed by atoms with Gasteiger partial charge >= 0.3 is 0 Å². The Balaban J connectivity index is 2.08. The third-order valence-electron chi connectivity index (χ3n) is 2.92. The summed E-state index contributed by atoms with van der Waals surface area (Å²) in [6.45, 7) is 3.98. The van der Waals surface area contributed by atoms with Gasteiger partial charge in [-0.1, -0.05) is 26.0 Å². The molecule has 0 unspecified atom stereocenters. The van der Waals surface area contributed by atoms with Crippen molar-refractivity contribution in [2.24, 2.45) is 0 Å². The van der Waals surface area contributed by atoms with Gasteiger partial charge in [0.25, 0.3) is 0 Å². The molecule has 0 saturated heterocycles. The van der Waals surface area contributed by atoms with Gasteiger partial charge in [0.05, 0.1) is 17.4 Å². The first-order valence-corrected chi connectivity index (χ1v) is 8.09. The number of nitrogens with zero attached hydrogens (tertiary/aromatic N) is 2. The fourth-order valence-electron chi connectivity index (χ4n) is 1.77. The van der Waals surface area contributed by atoms with Gasteiger partial charge in [0, 0.05) is 11.8 Å². The van der Waals surface area contributed by atoms with Crippen LogP contribution < -0.4 is 4.72 Å². The van der Waals surface area contributed by atoms with E-state index in [9.17, 15) is 8.42 Å². The average molecular weight is 304 g/mol. The topological polar surface area (TPSA) is 98.6 Å². The Hall–Kier alpha value is -2.33. The standard InChI is InChI=1S/C14H16N4O2S/c1-10(2)13-7-14(17-16-13)18-21(19,20)9-12-5-3-11(8-15)4-6-12/h3-7,10H,9H2,1-2H3,(H2,16,17,18). The smallest absolute Gasteiger partial charge is 0.238 e. The summed E-state index contributed by atoms with van der Waals surface area (Å²) in [6, 6.07) is 10.1. The summed E-state index contributed by atoms with van der Waals surface area (Å²) in [5.74, 6) is 0.365. The number of aromatic nitrogens is 2. The van der Waals surface area contributed by atoms with Crippen LogP contribution in [0.3, 0.4) is 0 Å². The third kappa shape index (κ3) is 4.07. The zero-order chi connectivity index (χ0) is 15.5. The fraction of sp³-hybridized carbons (Fsp3) is 0.286. The Morgan fingerprint density at radius 1 is 1.33 bits per heavy atom. The van der Waals surface area contributed by atoms with Crippen LogP contribution in [0.15, 0.2) is 30.3 Å². The van der Waals surface area contributed by atoms with Gasteiger partial charge in [-0.2, -0.15) is 10.4 Å². The first kappa shape index (κ1) is 15.1. The maximum atomic E-state index is 12.1. The number of nitrogens with one attached hydrogen (secondary N) is 2. The van der Waals surface area contributed by atoms with Crippen molar-refractivity contribution in [2.45, 2.75) is 25.5 Å². The van der Waals surface area contributed by atoms with Gasteiger partial charge in [-0.15, -0.1) is 0 Å². The first-order valence-electron chi connectivity index (χ1n) is 6.44. The zero-order valence-corrected chi connectivity index (χ0v) is 12.6. The molecule has 0 radical (unpaired) electrons. The predicted molar refractivity (Wildman–Crippen MR) is 80.1 cm³/mol. The Kier molecular flexibility index (Phi) is 4.29. The van der Waals surface area contributed by atoms with Crippen LogP contribution in [0.5, 0.6) is 0 Å². The van der Waals surface area contributed by atoms with E-state index in [2.05, 4.69) is 14.9 Å². The normalized spacial score (nSPS) is 11.3. The molecule has 0 spiro atoms. The number of rotatable bonds is 5. The molecule has 7 heteroatoms. The fourth-order valence-corrected chi connectivity index (χ4v) is 2.90. The highest BCUT2D eigenvalue weighted by molar-refractivity contribution is 7.91. The molecule has 0 saturated carbocycles. The summed E-state index contributed by atoms with van der Waals surface area (Å²) in [4.78, 5) is 0. The monoisotopic (exact) mass is 304 g/mol. The number of hydrogen-bond donors (Lipinski definition) is 2. The van der Waals surface area contributed by atoms with Crippen molar-refractivity contribution in [1.82, 2.24) is 10.2 Å². The summed E-state index contributed by atoms with van der Waals surface area (Å²) in [5.41, 5.74) is 1.98. The van der Waals surface area contributed by atoms with E-state index in [0.29, 0.717) is 11.1 Å². The molecule has 0 atom stereocenters. The van der Waals surface area contributed by atoms with Crippen molar-refractivity contribution in [3.05, 3.63) is 47.2 Å². The minimum Gasteiger partial charge on any atom is -0.280 e. The van der Waals surface area contributed by atoms with Crippen LogP contribution in [0.1, 0.15) is 36.6 Å². The number of benzene rings is 1. The van der Waals surface area contributed by atoms with Gasteiger partial charge in [0.15, 0.2) is 5.82 Å². The highest BCUT2D eigenvalue weighted by Gasteiger charge is 2.14. The van der Waals surface area contributed by atoms with Gasteiger partial charge in [0.2, 0.25) is 10.0 Å². The van der Waals surface area contributed by atoms with Crippen LogP contribution in [0.2, 0.25) is 0 Å². The van der Waals surface area contributed by atoms with Crippen molar-refractivity contribution in [2.75, 3.05) is 4.72 Å². The summed E-state index contributed by atoms with van der Waals surface area (Å²) < 4.78 is 26.6. The first-order chi connectivity index (χ1) is 9.89. The number of anilines is 1. The Bertz CT molecular complexity index is 755. The minimum absolute atomic E-state index is 0.164. The molecule has 6 nitrogen and oxygen atoms in total. The summed E-state index contributed by atoms with van der Waals surface area (Å²) in [5, 5.41) is 15.4. The lowest BCUT2D eigenvalue weighted by Gasteiger charge is -2.05. The van der Waals surface area contributed by atoms with Crippen LogP contribution in [0.4, 0.5) is 5.82 Å². The molecule has 110 valence electrons. The Labute approximate surface area is 123 Å². The second-order valence-electron chi connectivity index (χ2n) is 5.03. The zero-order valence-electron chi connectivity index (χ0n) is 11.8. The molecule has 2 N–H and O–H groups in total. The van der Waals surface area contributed by atoms with E-state index in [0.717, 1.165) is 5.69 Å². The SMILES string of the molecule is CC(C)c1cc(NS(=O)(=O)Cc2ccc(C#N)cc2)n[nH]1. The van der Waals surface area contributed by atoms with Crippen LogP contribution in [-0.2, 0) is 15.8 Å². The highest BCUT2D eigenvalue weighted by Crippen LogP contribution is 2.17. The van der Waals surface area contributed by atoms with Gasteiger partial charge in [-0.3, -0.25) is 9.82 Å². The van der Waals surface area contributed by atoms with Gasteiger partial charge in [-0.05, 0) is 23.6 Å². The number of H-pyrrole nitrogens is 1. The molecule has 0 amide bonds. The van der Waals surface area contributed by atoms with E-state index in [1.807, 2.05) is 19.9 Å². The van der Waals surface area contributed by atoms with Crippen LogP contribution in [0, 0.1) is 11.3 Å². The largest absolute Gasteiger partial charge is 0.280 e. The molecule has 0 aliphatic heterocycles. The quantitative estimate of drug-likeness (QED) is 0.885. The lowest BCUT2D eigenvalue weighted by atomic mass is 10.1. The number of sulfonamides is 1. The van der Waals surface area contributed by atoms with Crippen LogP contribution in [0.25, 0.3) is 0 Å². The third-order valence-corrected chi connectivity index (χ3v) is 4.15. The molecule has 0 aliphatic rings. The average Bonchev–Trinajstić information content (AvgIpc) is 2.87. The van der Waals surface area contributed by atoms with Gasteiger partial charge in [0.1, 0.15) is 0 Å². The molecule has 2 aromatic rings. The number of nitriles is 1. The van der Waals surface area contributed by atoms with Crippen molar-refractivity contribution in [3.63, 3.8) is 0 Å². The van der Waals surface area contributed by atoms with E-state index in [-0.39, 0.29) is 17.5 Å². The van der Waals surface area contributed by atoms with Crippen molar-refractivity contribution >= 4 is 15.8 Å². The molecule has 2 rings (SSSR count). The molecule has 0 bridgehead atoms. The maximum Gasteiger partial charge on any atom is 0.238 e. The van der Waals surface area contributed by atoms with E-state index in [1.165, 1.54) is 0 Å². The molecule has 1 heterocycles. The molecular formula is C14H16N4O2S. The lowest BCUT2D eigenvalue weighted by Crippen LogP contribution is -2.15. The van der Waals surface area contributed by atoms with Gasteiger partial charge in [-0.25, -0.2) is 8.42 Å². The summed E-state index contributed by atoms with van der Waals surface area (Å²) in [6.07, 6.45) is 0. The number of hydrogen-bond acceptors (Lipinski definition) is 4. The van der Waals surface area contributed by atoms with Gasteiger partial charge < -0.3 is 0 Å².